The molecule has 2 aromatic carbocycles. The monoisotopic (exact) mass is 274 g/mol. The smallest absolute Gasteiger partial charge is 0.387 e. The highest BCUT2D eigenvalue weighted by atomic mass is 16.6. The Morgan fingerprint density at radius 2 is 1.60 bits per heavy atom. The molecule has 0 N–H and O–H groups in total. The van der Waals surface area contributed by atoms with Crippen LogP contribution in [0.25, 0.3) is 0 Å². The molecule has 0 heterocycles. The Hall–Kier alpha value is -2.96. The molecule has 2 rings (SSSR count). The predicted octanol–water partition coefficient (Wildman–Crippen LogP) is 3.08. The largest absolute Gasteiger partial charge is 0.482 e. The van der Waals surface area contributed by atoms with Gasteiger partial charge < -0.3 is 4.74 Å². The molecule has 2 aromatic rings. The molecular weight excluding hydrogens is 264 g/mol. The van der Waals surface area contributed by atoms with E-state index in [-0.39, 0.29) is 12.4 Å². The molecule has 20 heavy (non-hydrogen) atoms. The molecule has 0 aliphatic rings. The molecule has 0 aliphatic heterocycles. The average Bonchev–Trinajstić information content (AvgIpc) is 2.45. The van der Waals surface area contributed by atoms with E-state index in [1.165, 1.54) is 12.1 Å². The zero-order chi connectivity index (χ0) is 14.5. The molecule has 102 valence electrons. The fourth-order valence-electron chi connectivity index (χ4n) is 1.69. The van der Waals surface area contributed by atoms with Crippen molar-refractivity contribution in [2.24, 2.45) is 0 Å². The summed E-state index contributed by atoms with van der Waals surface area (Å²) in [5, 5.41) is 21.8. The Balaban J connectivity index is 2.30. The van der Waals surface area contributed by atoms with E-state index in [1.807, 2.05) is 6.07 Å². The summed E-state index contributed by atoms with van der Waals surface area (Å²) in [4.78, 5) is 20.2. The van der Waals surface area contributed by atoms with E-state index in [4.69, 9.17) is 4.74 Å². The molecule has 0 unspecified atom stereocenters. The van der Waals surface area contributed by atoms with Gasteiger partial charge in [0.25, 0.3) is 0 Å². The summed E-state index contributed by atoms with van der Waals surface area (Å²) in [5.41, 5.74) is -0.401. The van der Waals surface area contributed by atoms with Gasteiger partial charge in [-0.3, -0.25) is 20.2 Å². The fourth-order valence-corrected chi connectivity index (χ4v) is 1.69. The Bertz CT molecular complexity index is 642. The van der Waals surface area contributed by atoms with Crippen LogP contribution in [0.3, 0.4) is 0 Å². The number of benzene rings is 2. The van der Waals surface area contributed by atoms with Crippen molar-refractivity contribution in [1.82, 2.24) is 0 Å². The number of ether oxygens (including phenoxy) is 1. The number of hydrogen-bond donors (Lipinski definition) is 0. The van der Waals surface area contributed by atoms with Crippen molar-refractivity contribution < 1.29 is 14.6 Å². The van der Waals surface area contributed by atoms with Crippen LogP contribution in [0, 0.1) is 20.2 Å². The van der Waals surface area contributed by atoms with Crippen molar-refractivity contribution >= 4 is 11.4 Å². The summed E-state index contributed by atoms with van der Waals surface area (Å²) in [7, 11) is 0. The molecule has 0 bridgehead atoms. The second-order valence-corrected chi connectivity index (χ2v) is 3.91. The third-order valence-corrected chi connectivity index (χ3v) is 2.59. The minimum Gasteiger partial charge on any atom is -0.482 e. The quantitative estimate of drug-likeness (QED) is 0.616. The topological polar surface area (TPSA) is 95.5 Å². The Labute approximate surface area is 113 Å². The first-order valence-corrected chi connectivity index (χ1v) is 5.68. The van der Waals surface area contributed by atoms with Crippen molar-refractivity contribution in [2.45, 2.75) is 6.61 Å². The third kappa shape index (κ3) is 2.89. The summed E-state index contributed by atoms with van der Waals surface area (Å²) in [6, 6.07) is 12.8. The van der Waals surface area contributed by atoms with E-state index in [0.717, 1.165) is 11.6 Å². The minimum absolute atomic E-state index is 0.100. The molecule has 0 saturated heterocycles. The summed E-state index contributed by atoms with van der Waals surface area (Å²) in [6.07, 6.45) is 0. The summed E-state index contributed by atoms with van der Waals surface area (Å²) >= 11 is 0. The van der Waals surface area contributed by atoms with Crippen LogP contribution in [0.2, 0.25) is 0 Å². The van der Waals surface area contributed by atoms with Gasteiger partial charge in [-0.15, -0.1) is 0 Å². The van der Waals surface area contributed by atoms with Gasteiger partial charge in [0.15, 0.2) is 0 Å². The molecule has 7 nitrogen and oxygen atoms in total. The molecule has 0 radical (unpaired) electrons. The highest BCUT2D eigenvalue weighted by Crippen LogP contribution is 2.36. The zero-order valence-electron chi connectivity index (χ0n) is 10.3. The van der Waals surface area contributed by atoms with Crippen molar-refractivity contribution in [3.8, 4) is 5.75 Å². The maximum absolute atomic E-state index is 11.0. The molecule has 0 aromatic heterocycles. The van der Waals surface area contributed by atoms with Crippen molar-refractivity contribution in [3.05, 3.63) is 74.3 Å². The van der Waals surface area contributed by atoms with Crippen molar-refractivity contribution in [3.63, 3.8) is 0 Å². The van der Waals surface area contributed by atoms with Crippen LogP contribution in [0.1, 0.15) is 5.56 Å². The maximum Gasteiger partial charge on any atom is 0.387 e. The van der Waals surface area contributed by atoms with Gasteiger partial charge in [0.05, 0.1) is 9.85 Å². The highest BCUT2D eigenvalue weighted by molar-refractivity contribution is 5.61. The summed E-state index contributed by atoms with van der Waals surface area (Å²) in [6.45, 7) is 0.100. The normalized spacial score (nSPS) is 10.0. The van der Waals surface area contributed by atoms with E-state index in [9.17, 15) is 20.2 Å². The van der Waals surface area contributed by atoms with Crippen molar-refractivity contribution in [1.29, 1.82) is 0 Å². The summed E-state index contributed by atoms with van der Waals surface area (Å²) in [5.74, 6) is -0.118. The van der Waals surface area contributed by atoms with Crippen LogP contribution in [-0.2, 0) is 6.61 Å². The lowest BCUT2D eigenvalue weighted by Gasteiger charge is -2.06. The predicted molar refractivity (Wildman–Crippen MR) is 70.5 cm³/mol. The van der Waals surface area contributed by atoms with Crippen LogP contribution < -0.4 is 4.74 Å². The van der Waals surface area contributed by atoms with Gasteiger partial charge in [-0.1, -0.05) is 36.4 Å². The lowest BCUT2D eigenvalue weighted by Crippen LogP contribution is -2.02. The van der Waals surface area contributed by atoms with Crippen LogP contribution in [0.5, 0.6) is 5.75 Å². The van der Waals surface area contributed by atoms with Gasteiger partial charge in [-0.2, -0.15) is 0 Å². The van der Waals surface area contributed by atoms with E-state index < -0.39 is 21.2 Å². The second-order valence-electron chi connectivity index (χ2n) is 3.91. The molecule has 0 fully saturated rings. The first-order chi connectivity index (χ1) is 9.59. The first-order valence-electron chi connectivity index (χ1n) is 5.68. The number of nitro benzene ring substituents is 2. The lowest BCUT2D eigenvalue weighted by molar-refractivity contribution is -0.423. The Kier molecular flexibility index (Phi) is 3.90. The number of para-hydroxylation sites is 1. The third-order valence-electron chi connectivity index (χ3n) is 2.59. The molecule has 0 atom stereocenters. The molecular formula is C13H10N2O5. The zero-order valence-corrected chi connectivity index (χ0v) is 10.3. The van der Waals surface area contributed by atoms with Gasteiger partial charge >= 0.3 is 11.4 Å². The SMILES string of the molecule is O=[N+]([O-])c1cccc(OCc2ccccc2)c1[N+](=O)[O-]. The number of nitrogens with zero attached hydrogens (tertiary/aromatic N) is 2. The first kappa shape index (κ1) is 13.5. The van der Waals surface area contributed by atoms with Crippen LogP contribution >= 0.6 is 0 Å². The van der Waals surface area contributed by atoms with Gasteiger partial charge in [0.2, 0.25) is 5.75 Å². The number of rotatable bonds is 5. The molecule has 0 aliphatic carbocycles. The fraction of sp³-hybridized carbons (Fsp3) is 0.0769. The second kappa shape index (κ2) is 5.79. The van der Waals surface area contributed by atoms with E-state index in [0.29, 0.717) is 0 Å². The molecule has 0 saturated carbocycles. The highest BCUT2D eigenvalue weighted by Gasteiger charge is 2.29. The molecule has 7 heteroatoms. The van der Waals surface area contributed by atoms with E-state index >= 15 is 0 Å². The van der Waals surface area contributed by atoms with Gasteiger partial charge in [-0.25, -0.2) is 0 Å². The van der Waals surface area contributed by atoms with Crippen LogP contribution in [0.15, 0.2) is 48.5 Å². The Morgan fingerprint density at radius 1 is 0.900 bits per heavy atom. The van der Waals surface area contributed by atoms with Gasteiger partial charge in [0.1, 0.15) is 6.61 Å². The molecule has 0 amide bonds. The standard InChI is InChI=1S/C13H10N2O5/c16-14(17)11-7-4-8-12(13(11)15(18)19)20-9-10-5-2-1-3-6-10/h1-8H,9H2. The van der Waals surface area contributed by atoms with Gasteiger partial charge in [-0.05, 0) is 11.6 Å². The van der Waals surface area contributed by atoms with Gasteiger partial charge in [0, 0.05) is 6.07 Å². The summed E-state index contributed by atoms with van der Waals surface area (Å²) < 4.78 is 5.33. The van der Waals surface area contributed by atoms with E-state index in [1.54, 1.807) is 24.3 Å². The molecule has 0 spiro atoms. The lowest BCUT2D eigenvalue weighted by atomic mass is 10.2. The Morgan fingerprint density at radius 3 is 2.20 bits per heavy atom. The minimum atomic E-state index is -0.807. The number of nitro groups is 2. The van der Waals surface area contributed by atoms with Crippen molar-refractivity contribution in [2.75, 3.05) is 0 Å². The average molecular weight is 274 g/mol. The van der Waals surface area contributed by atoms with Crippen LogP contribution in [-0.4, -0.2) is 9.85 Å². The van der Waals surface area contributed by atoms with E-state index in [2.05, 4.69) is 0 Å². The number of hydrogen-bond acceptors (Lipinski definition) is 5. The van der Waals surface area contributed by atoms with Crippen LogP contribution in [0.4, 0.5) is 11.4 Å². The maximum atomic E-state index is 11.0.